The predicted octanol–water partition coefficient (Wildman–Crippen LogP) is 2.08. The highest BCUT2D eigenvalue weighted by Crippen LogP contribution is 2.20. The first-order valence-corrected chi connectivity index (χ1v) is 4.97. The van der Waals surface area contributed by atoms with Crippen LogP contribution in [0.2, 0.25) is 0 Å². The van der Waals surface area contributed by atoms with E-state index >= 15 is 0 Å². The van der Waals surface area contributed by atoms with Crippen molar-refractivity contribution in [1.29, 1.82) is 0 Å². The number of hydrogen-bond donors (Lipinski definition) is 1. The average molecular weight is 202 g/mol. The molecule has 0 fully saturated rings. The van der Waals surface area contributed by atoms with Gasteiger partial charge in [0.2, 0.25) is 0 Å². The highest BCUT2D eigenvalue weighted by atomic mass is 32.1. The molecule has 0 spiro atoms. The van der Waals surface area contributed by atoms with Crippen molar-refractivity contribution in [2.75, 3.05) is 0 Å². The van der Waals surface area contributed by atoms with Crippen LogP contribution in [0, 0.1) is 0 Å². The lowest BCUT2D eigenvalue weighted by Crippen LogP contribution is -1.79. The summed E-state index contributed by atoms with van der Waals surface area (Å²) in [6.45, 7) is 0. The number of H-pyrrole nitrogens is 1. The number of nitrogens with zero attached hydrogens (tertiary/aromatic N) is 3. The maximum atomic E-state index is 4.17. The molecule has 0 aliphatic carbocycles. The van der Waals surface area contributed by atoms with Crippen molar-refractivity contribution in [2.45, 2.75) is 0 Å². The molecule has 0 atom stereocenters. The first-order valence-electron chi connectivity index (χ1n) is 4.13. The Morgan fingerprint density at radius 1 is 1.29 bits per heavy atom. The number of nitrogens with one attached hydrogen (secondary N) is 1. The molecule has 2 heterocycles. The Morgan fingerprint density at radius 2 is 2.29 bits per heavy atom. The average Bonchev–Trinajstić information content (AvgIpc) is 2.88. The molecule has 0 saturated carbocycles. The molecule has 0 radical (unpaired) electrons. The maximum absolute atomic E-state index is 4.17. The van der Waals surface area contributed by atoms with Crippen molar-refractivity contribution in [3.05, 3.63) is 29.9 Å². The molecule has 0 bridgehead atoms. The van der Waals surface area contributed by atoms with Gasteiger partial charge < -0.3 is 0 Å². The minimum atomic E-state index is 0.770. The van der Waals surface area contributed by atoms with E-state index < -0.39 is 0 Å². The molecule has 0 aliphatic heterocycles. The Balaban J connectivity index is 2.23. The SMILES string of the molecule is c1nc(-c2ccc3cn[nH]c3c2)ns1. The fraction of sp³-hybridized carbons (Fsp3) is 0. The molecule has 0 amide bonds. The van der Waals surface area contributed by atoms with Crippen LogP contribution in [0.15, 0.2) is 29.9 Å². The Labute approximate surface area is 83.8 Å². The smallest absolute Gasteiger partial charge is 0.172 e. The van der Waals surface area contributed by atoms with Crippen LogP contribution in [0.5, 0.6) is 0 Å². The quantitative estimate of drug-likeness (QED) is 0.657. The molecule has 1 N–H and O–H groups in total. The van der Waals surface area contributed by atoms with Gasteiger partial charge in [0.25, 0.3) is 0 Å². The van der Waals surface area contributed by atoms with Crippen molar-refractivity contribution < 1.29 is 0 Å². The van der Waals surface area contributed by atoms with Gasteiger partial charge in [-0.05, 0) is 17.6 Å². The lowest BCUT2D eigenvalue weighted by molar-refractivity contribution is 1.12. The third kappa shape index (κ3) is 1.10. The maximum Gasteiger partial charge on any atom is 0.172 e. The highest BCUT2D eigenvalue weighted by Gasteiger charge is 2.03. The first-order chi connectivity index (χ1) is 6.93. The summed E-state index contributed by atoms with van der Waals surface area (Å²) < 4.78 is 4.17. The Bertz CT molecular complexity index is 555. The summed E-state index contributed by atoms with van der Waals surface area (Å²) >= 11 is 1.35. The Morgan fingerprint density at radius 3 is 3.14 bits per heavy atom. The summed E-state index contributed by atoms with van der Waals surface area (Å²) in [4.78, 5) is 4.15. The first kappa shape index (κ1) is 7.64. The third-order valence-electron chi connectivity index (χ3n) is 2.06. The summed E-state index contributed by atoms with van der Waals surface area (Å²) in [6, 6.07) is 6.01. The van der Waals surface area contributed by atoms with Crippen LogP contribution < -0.4 is 0 Å². The van der Waals surface area contributed by atoms with E-state index in [1.165, 1.54) is 11.5 Å². The highest BCUT2D eigenvalue weighted by molar-refractivity contribution is 7.03. The van der Waals surface area contributed by atoms with E-state index in [-0.39, 0.29) is 0 Å². The van der Waals surface area contributed by atoms with E-state index in [1.807, 2.05) is 18.2 Å². The minimum absolute atomic E-state index is 0.770. The zero-order chi connectivity index (χ0) is 9.38. The molecule has 3 rings (SSSR count). The van der Waals surface area contributed by atoms with Gasteiger partial charge in [0.05, 0.1) is 11.7 Å². The van der Waals surface area contributed by atoms with Crippen LogP contribution >= 0.6 is 11.5 Å². The van der Waals surface area contributed by atoms with Crippen molar-refractivity contribution in [1.82, 2.24) is 19.6 Å². The van der Waals surface area contributed by atoms with Gasteiger partial charge in [0.1, 0.15) is 5.51 Å². The van der Waals surface area contributed by atoms with Gasteiger partial charge in [-0.15, -0.1) is 0 Å². The number of hydrogen-bond acceptors (Lipinski definition) is 4. The molecule has 5 heteroatoms. The van der Waals surface area contributed by atoms with Crippen LogP contribution in [0.4, 0.5) is 0 Å². The van der Waals surface area contributed by atoms with Gasteiger partial charge in [-0.25, -0.2) is 4.98 Å². The molecule has 4 nitrogen and oxygen atoms in total. The third-order valence-corrected chi connectivity index (χ3v) is 2.54. The predicted molar refractivity (Wildman–Crippen MR) is 55.0 cm³/mol. The molecule has 0 saturated heterocycles. The summed E-state index contributed by atoms with van der Waals surface area (Å²) in [7, 11) is 0. The van der Waals surface area contributed by atoms with Crippen molar-refractivity contribution in [3.8, 4) is 11.4 Å². The summed E-state index contributed by atoms with van der Waals surface area (Å²) in [6.07, 6.45) is 1.80. The van der Waals surface area contributed by atoms with E-state index in [1.54, 1.807) is 11.7 Å². The number of fused-ring (bicyclic) bond motifs is 1. The van der Waals surface area contributed by atoms with Gasteiger partial charge in [0, 0.05) is 10.9 Å². The van der Waals surface area contributed by atoms with Crippen LogP contribution in [0.1, 0.15) is 0 Å². The summed E-state index contributed by atoms with van der Waals surface area (Å²) in [5.74, 6) is 0.770. The standard InChI is InChI=1S/C9H6N4S/c1-2-7-4-11-12-8(7)3-6(1)9-10-5-14-13-9/h1-5H,(H,11,12). The molecular formula is C9H6N4S. The monoisotopic (exact) mass is 202 g/mol. The van der Waals surface area contributed by atoms with Crippen LogP contribution in [0.25, 0.3) is 22.3 Å². The van der Waals surface area contributed by atoms with Crippen molar-refractivity contribution in [3.63, 3.8) is 0 Å². The Kier molecular flexibility index (Phi) is 1.57. The van der Waals surface area contributed by atoms with Gasteiger partial charge in [0.15, 0.2) is 5.82 Å². The summed E-state index contributed by atoms with van der Waals surface area (Å²) in [5.41, 5.74) is 3.76. The van der Waals surface area contributed by atoms with E-state index in [4.69, 9.17) is 0 Å². The molecule has 2 aromatic heterocycles. The lowest BCUT2D eigenvalue weighted by Gasteiger charge is -1.94. The fourth-order valence-corrected chi connectivity index (χ4v) is 1.82. The lowest BCUT2D eigenvalue weighted by atomic mass is 10.1. The minimum Gasteiger partial charge on any atom is -0.278 e. The van der Waals surface area contributed by atoms with Crippen molar-refractivity contribution >= 4 is 22.4 Å². The molecule has 0 unspecified atom stereocenters. The molecule has 3 aromatic rings. The van der Waals surface area contributed by atoms with Crippen molar-refractivity contribution in [2.24, 2.45) is 0 Å². The molecule has 68 valence electrons. The fourth-order valence-electron chi connectivity index (χ4n) is 1.37. The van der Waals surface area contributed by atoms with Crippen LogP contribution in [-0.4, -0.2) is 19.6 Å². The van der Waals surface area contributed by atoms with Gasteiger partial charge in [-0.1, -0.05) is 12.1 Å². The topological polar surface area (TPSA) is 54.5 Å². The van der Waals surface area contributed by atoms with Gasteiger partial charge >= 0.3 is 0 Å². The number of aromatic amines is 1. The van der Waals surface area contributed by atoms with E-state index in [0.717, 1.165) is 22.3 Å². The second-order valence-corrected chi connectivity index (χ2v) is 3.53. The largest absolute Gasteiger partial charge is 0.278 e. The zero-order valence-corrected chi connectivity index (χ0v) is 7.95. The zero-order valence-electron chi connectivity index (χ0n) is 7.14. The van der Waals surface area contributed by atoms with E-state index in [2.05, 4.69) is 19.6 Å². The second-order valence-electron chi connectivity index (χ2n) is 2.93. The normalized spacial score (nSPS) is 10.9. The second kappa shape index (κ2) is 2.88. The molecule has 14 heavy (non-hydrogen) atoms. The number of benzene rings is 1. The molecule has 0 aliphatic rings. The molecular weight excluding hydrogens is 196 g/mol. The van der Waals surface area contributed by atoms with Crippen LogP contribution in [0.3, 0.4) is 0 Å². The van der Waals surface area contributed by atoms with Gasteiger partial charge in [-0.2, -0.15) is 9.47 Å². The number of aromatic nitrogens is 4. The summed E-state index contributed by atoms with van der Waals surface area (Å²) in [5, 5.41) is 7.98. The Hall–Kier alpha value is -1.75. The molecule has 1 aromatic carbocycles. The van der Waals surface area contributed by atoms with E-state index in [0.29, 0.717) is 0 Å². The number of rotatable bonds is 1. The van der Waals surface area contributed by atoms with Gasteiger partial charge in [-0.3, -0.25) is 5.10 Å². The van der Waals surface area contributed by atoms with E-state index in [9.17, 15) is 0 Å². The van der Waals surface area contributed by atoms with Crippen LogP contribution in [-0.2, 0) is 0 Å².